The number of hydrogen-bond acceptors (Lipinski definition) is 3. The van der Waals surface area contributed by atoms with Crippen molar-refractivity contribution in [1.29, 1.82) is 0 Å². The van der Waals surface area contributed by atoms with Gasteiger partial charge in [0.25, 0.3) is 5.91 Å². The standard InChI is InChI=1S/C23H26FNO3/c1-2-27-19-11-12-21(28-15-19)23(26)25-14-13-16-5-3-4-6-20(16)22(25)17-7-9-18(24)10-8-17/h3-10,19,21-22H,2,11-15H2,1H3/t19?,21-,22+/m1/s1. The summed E-state index contributed by atoms with van der Waals surface area (Å²) in [6, 6.07) is 14.4. The molecule has 2 aromatic carbocycles. The molecule has 0 bridgehead atoms. The molecule has 2 aliphatic heterocycles. The molecule has 1 fully saturated rings. The van der Waals surface area contributed by atoms with E-state index in [0.29, 0.717) is 26.2 Å². The molecule has 2 aromatic rings. The highest BCUT2D eigenvalue weighted by Gasteiger charge is 2.37. The van der Waals surface area contributed by atoms with Crippen LogP contribution in [0.25, 0.3) is 0 Å². The van der Waals surface area contributed by atoms with E-state index in [9.17, 15) is 9.18 Å². The average Bonchev–Trinajstić information content (AvgIpc) is 2.74. The maximum absolute atomic E-state index is 13.5. The van der Waals surface area contributed by atoms with Crippen LogP contribution in [0, 0.1) is 5.82 Å². The molecule has 4 rings (SSSR count). The van der Waals surface area contributed by atoms with Gasteiger partial charge in [0.2, 0.25) is 0 Å². The summed E-state index contributed by atoms with van der Waals surface area (Å²) in [7, 11) is 0. The Bertz CT molecular complexity index is 815. The molecule has 1 saturated heterocycles. The summed E-state index contributed by atoms with van der Waals surface area (Å²) in [5.74, 6) is -0.262. The van der Waals surface area contributed by atoms with E-state index in [4.69, 9.17) is 9.47 Å². The van der Waals surface area contributed by atoms with Gasteiger partial charge >= 0.3 is 0 Å². The van der Waals surface area contributed by atoms with Gasteiger partial charge in [0.1, 0.15) is 11.9 Å². The normalized spacial score (nSPS) is 24.6. The molecule has 0 radical (unpaired) electrons. The molecular weight excluding hydrogens is 357 g/mol. The van der Waals surface area contributed by atoms with E-state index in [1.165, 1.54) is 17.7 Å². The van der Waals surface area contributed by atoms with Crippen LogP contribution in [0.3, 0.4) is 0 Å². The lowest BCUT2D eigenvalue weighted by atomic mass is 9.87. The fourth-order valence-corrected chi connectivity index (χ4v) is 4.28. The second-order valence-electron chi connectivity index (χ2n) is 7.41. The Balaban J connectivity index is 1.60. The molecule has 2 heterocycles. The Labute approximate surface area is 165 Å². The minimum Gasteiger partial charge on any atom is -0.376 e. The first-order chi connectivity index (χ1) is 13.7. The SMILES string of the molecule is CCOC1CC[C@H](C(=O)N2CCc3ccccc3[C@@H]2c2ccc(F)cc2)OC1. The quantitative estimate of drug-likeness (QED) is 0.804. The van der Waals surface area contributed by atoms with Gasteiger partial charge in [-0.2, -0.15) is 0 Å². The number of benzene rings is 2. The molecule has 0 N–H and O–H groups in total. The van der Waals surface area contributed by atoms with Gasteiger partial charge in [0.05, 0.1) is 18.8 Å². The van der Waals surface area contributed by atoms with Crippen LogP contribution in [0.1, 0.15) is 42.5 Å². The second kappa shape index (κ2) is 8.41. The number of amides is 1. The molecule has 5 heteroatoms. The van der Waals surface area contributed by atoms with Gasteiger partial charge < -0.3 is 14.4 Å². The van der Waals surface area contributed by atoms with Crippen LogP contribution in [0.2, 0.25) is 0 Å². The molecule has 3 atom stereocenters. The first-order valence-corrected chi connectivity index (χ1v) is 10.0. The second-order valence-corrected chi connectivity index (χ2v) is 7.41. The number of carbonyl (C=O) groups excluding carboxylic acids is 1. The van der Waals surface area contributed by atoms with Gasteiger partial charge in [-0.3, -0.25) is 4.79 Å². The monoisotopic (exact) mass is 383 g/mol. The molecule has 1 unspecified atom stereocenters. The van der Waals surface area contributed by atoms with Gasteiger partial charge in [-0.05, 0) is 55.0 Å². The predicted molar refractivity (Wildman–Crippen MR) is 104 cm³/mol. The van der Waals surface area contributed by atoms with Gasteiger partial charge in [-0.1, -0.05) is 36.4 Å². The maximum atomic E-state index is 13.5. The van der Waals surface area contributed by atoms with Gasteiger partial charge in [0.15, 0.2) is 0 Å². The van der Waals surface area contributed by atoms with Crippen LogP contribution >= 0.6 is 0 Å². The van der Waals surface area contributed by atoms with Crippen molar-refractivity contribution in [1.82, 2.24) is 4.90 Å². The Morgan fingerprint density at radius 2 is 1.96 bits per heavy atom. The van der Waals surface area contributed by atoms with Crippen molar-refractivity contribution >= 4 is 5.91 Å². The van der Waals surface area contributed by atoms with Gasteiger partial charge in [0, 0.05) is 13.2 Å². The average molecular weight is 383 g/mol. The third-order valence-electron chi connectivity index (χ3n) is 5.66. The zero-order valence-electron chi connectivity index (χ0n) is 16.1. The number of rotatable bonds is 4. The highest BCUT2D eigenvalue weighted by Crippen LogP contribution is 2.36. The first kappa shape index (κ1) is 19.1. The van der Waals surface area contributed by atoms with E-state index in [0.717, 1.165) is 24.0 Å². The van der Waals surface area contributed by atoms with Crippen LogP contribution < -0.4 is 0 Å². The number of nitrogens with zero attached hydrogens (tertiary/aromatic N) is 1. The molecule has 4 nitrogen and oxygen atoms in total. The highest BCUT2D eigenvalue weighted by atomic mass is 19.1. The topological polar surface area (TPSA) is 38.8 Å². The molecule has 28 heavy (non-hydrogen) atoms. The number of carbonyl (C=O) groups is 1. The van der Waals surface area contributed by atoms with Crippen molar-refractivity contribution in [3.63, 3.8) is 0 Å². The third kappa shape index (κ3) is 3.82. The number of fused-ring (bicyclic) bond motifs is 1. The zero-order valence-corrected chi connectivity index (χ0v) is 16.1. The zero-order chi connectivity index (χ0) is 19.5. The molecule has 148 valence electrons. The van der Waals surface area contributed by atoms with E-state index in [2.05, 4.69) is 12.1 Å². The lowest BCUT2D eigenvalue weighted by molar-refractivity contribution is -0.155. The third-order valence-corrected chi connectivity index (χ3v) is 5.66. The van der Waals surface area contributed by atoms with Crippen LogP contribution in [0.5, 0.6) is 0 Å². The van der Waals surface area contributed by atoms with E-state index in [1.54, 1.807) is 12.1 Å². The smallest absolute Gasteiger partial charge is 0.252 e. The summed E-state index contributed by atoms with van der Waals surface area (Å²) in [4.78, 5) is 15.3. The van der Waals surface area contributed by atoms with Crippen molar-refractivity contribution in [3.8, 4) is 0 Å². The first-order valence-electron chi connectivity index (χ1n) is 10.0. The minimum absolute atomic E-state index is 0.0128. The summed E-state index contributed by atoms with van der Waals surface area (Å²) in [6.07, 6.45) is 1.94. The van der Waals surface area contributed by atoms with Crippen molar-refractivity contribution in [2.24, 2.45) is 0 Å². The minimum atomic E-state index is -0.440. The summed E-state index contributed by atoms with van der Waals surface area (Å²) in [5, 5.41) is 0. The Hall–Kier alpha value is -2.24. The fraction of sp³-hybridized carbons (Fsp3) is 0.435. The molecule has 0 aliphatic carbocycles. The molecule has 1 amide bonds. The molecule has 0 aromatic heterocycles. The summed E-state index contributed by atoms with van der Waals surface area (Å²) < 4.78 is 25.0. The highest BCUT2D eigenvalue weighted by molar-refractivity contribution is 5.82. The number of hydrogen-bond donors (Lipinski definition) is 0. The Morgan fingerprint density at radius 3 is 2.68 bits per heavy atom. The summed E-state index contributed by atoms with van der Waals surface area (Å²) >= 11 is 0. The largest absolute Gasteiger partial charge is 0.376 e. The van der Waals surface area contributed by atoms with Gasteiger partial charge in [-0.25, -0.2) is 4.39 Å². The van der Waals surface area contributed by atoms with E-state index in [1.807, 2.05) is 24.0 Å². The van der Waals surface area contributed by atoms with E-state index in [-0.39, 0.29) is 23.9 Å². The Kier molecular flexibility index (Phi) is 5.74. The van der Waals surface area contributed by atoms with Crippen LogP contribution in [-0.2, 0) is 20.7 Å². The summed E-state index contributed by atoms with van der Waals surface area (Å²) in [5.41, 5.74) is 3.27. The lowest BCUT2D eigenvalue weighted by Gasteiger charge is -2.40. The maximum Gasteiger partial charge on any atom is 0.252 e. The van der Waals surface area contributed by atoms with Crippen LogP contribution in [0.15, 0.2) is 48.5 Å². The fourth-order valence-electron chi connectivity index (χ4n) is 4.28. The van der Waals surface area contributed by atoms with E-state index < -0.39 is 6.10 Å². The predicted octanol–water partition coefficient (Wildman–Crippen LogP) is 3.88. The van der Waals surface area contributed by atoms with Crippen molar-refractivity contribution in [2.45, 2.75) is 44.4 Å². The van der Waals surface area contributed by atoms with Crippen LogP contribution in [0.4, 0.5) is 4.39 Å². The number of ether oxygens (including phenoxy) is 2. The molecule has 2 aliphatic rings. The molecular formula is C23H26FNO3. The van der Waals surface area contributed by atoms with Crippen molar-refractivity contribution in [3.05, 3.63) is 71.0 Å². The van der Waals surface area contributed by atoms with Crippen LogP contribution in [-0.4, -0.2) is 42.8 Å². The summed E-state index contributed by atoms with van der Waals surface area (Å²) in [6.45, 7) is 3.71. The Morgan fingerprint density at radius 1 is 1.18 bits per heavy atom. The van der Waals surface area contributed by atoms with Gasteiger partial charge in [-0.15, -0.1) is 0 Å². The molecule has 0 spiro atoms. The van der Waals surface area contributed by atoms with E-state index >= 15 is 0 Å². The number of halogens is 1. The molecule has 0 saturated carbocycles. The van der Waals surface area contributed by atoms with Crippen molar-refractivity contribution < 1.29 is 18.7 Å². The van der Waals surface area contributed by atoms with Crippen molar-refractivity contribution in [2.75, 3.05) is 19.8 Å². The lowest BCUT2D eigenvalue weighted by Crippen LogP contribution is -2.48.